The van der Waals surface area contributed by atoms with Gasteiger partial charge < -0.3 is 14.6 Å². The molecular formula is C14H24O4. The summed E-state index contributed by atoms with van der Waals surface area (Å²) >= 11 is 0. The number of hydrogen-bond donors (Lipinski definition) is 1. The SMILES string of the molecule is CCCCC1(O)C(=O)C(OC(C)C)=C1OC(C)C. The van der Waals surface area contributed by atoms with E-state index >= 15 is 0 Å². The quantitative estimate of drug-likeness (QED) is 0.760. The minimum atomic E-state index is -1.47. The molecule has 4 nitrogen and oxygen atoms in total. The topological polar surface area (TPSA) is 55.8 Å². The van der Waals surface area contributed by atoms with Crippen LogP contribution in [-0.2, 0) is 14.3 Å². The summed E-state index contributed by atoms with van der Waals surface area (Å²) < 4.78 is 11.0. The van der Waals surface area contributed by atoms with E-state index in [2.05, 4.69) is 0 Å². The maximum atomic E-state index is 12.0. The lowest BCUT2D eigenvalue weighted by molar-refractivity contribution is -0.151. The standard InChI is InChI=1S/C14H24O4/c1-6-7-8-14(16)12(15)11(17-9(2)3)13(14)18-10(4)5/h9-10,16H,6-8H2,1-5H3. The highest BCUT2D eigenvalue weighted by Crippen LogP contribution is 2.41. The zero-order chi connectivity index (χ0) is 13.9. The van der Waals surface area contributed by atoms with Crippen LogP contribution in [0.2, 0.25) is 0 Å². The molecule has 0 bridgehead atoms. The van der Waals surface area contributed by atoms with Gasteiger partial charge in [-0.25, -0.2) is 0 Å². The average Bonchev–Trinajstić information content (AvgIpc) is 2.29. The molecule has 1 aliphatic carbocycles. The van der Waals surface area contributed by atoms with Crippen LogP contribution >= 0.6 is 0 Å². The van der Waals surface area contributed by atoms with Crippen LogP contribution in [0.15, 0.2) is 11.5 Å². The van der Waals surface area contributed by atoms with E-state index in [1.165, 1.54) is 0 Å². The third-order valence-corrected chi connectivity index (χ3v) is 2.76. The Morgan fingerprint density at radius 3 is 2.17 bits per heavy atom. The van der Waals surface area contributed by atoms with Crippen LogP contribution in [0, 0.1) is 0 Å². The molecule has 1 N–H and O–H groups in total. The Hall–Kier alpha value is -1.03. The molecule has 1 atom stereocenters. The van der Waals surface area contributed by atoms with E-state index in [0.29, 0.717) is 12.2 Å². The molecule has 0 fully saturated rings. The van der Waals surface area contributed by atoms with Crippen molar-refractivity contribution in [1.29, 1.82) is 0 Å². The predicted molar refractivity (Wildman–Crippen MR) is 68.9 cm³/mol. The number of ether oxygens (including phenoxy) is 2. The second-order valence-corrected chi connectivity index (χ2v) is 5.28. The smallest absolute Gasteiger partial charge is 0.240 e. The Morgan fingerprint density at radius 1 is 1.17 bits per heavy atom. The lowest BCUT2D eigenvalue weighted by Crippen LogP contribution is -2.53. The number of hydrogen-bond acceptors (Lipinski definition) is 4. The van der Waals surface area contributed by atoms with Gasteiger partial charge in [0, 0.05) is 0 Å². The molecule has 104 valence electrons. The van der Waals surface area contributed by atoms with Crippen LogP contribution in [0.4, 0.5) is 0 Å². The van der Waals surface area contributed by atoms with Crippen LogP contribution < -0.4 is 0 Å². The monoisotopic (exact) mass is 256 g/mol. The number of carbonyl (C=O) groups excluding carboxylic acids is 1. The highest BCUT2D eigenvalue weighted by Gasteiger charge is 2.56. The summed E-state index contributed by atoms with van der Waals surface area (Å²) in [5.41, 5.74) is -1.47. The van der Waals surface area contributed by atoms with E-state index in [9.17, 15) is 9.90 Å². The van der Waals surface area contributed by atoms with E-state index in [1.54, 1.807) is 0 Å². The molecule has 0 aromatic carbocycles. The Balaban J connectivity index is 2.93. The molecule has 1 aliphatic rings. The summed E-state index contributed by atoms with van der Waals surface area (Å²) in [6.45, 7) is 9.43. The minimum absolute atomic E-state index is 0.0907. The van der Waals surface area contributed by atoms with E-state index in [0.717, 1.165) is 12.8 Å². The second-order valence-electron chi connectivity index (χ2n) is 5.28. The summed E-state index contributed by atoms with van der Waals surface area (Å²) in [5.74, 6) is 0.155. The summed E-state index contributed by atoms with van der Waals surface area (Å²) in [7, 11) is 0. The van der Waals surface area contributed by atoms with Crippen LogP contribution in [0.5, 0.6) is 0 Å². The van der Waals surface area contributed by atoms with Crippen molar-refractivity contribution in [3.63, 3.8) is 0 Å². The van der Waals surface area contributed by atoms with Gasteiger partial charge in [-0.2, -0.15) is 0 Å². The fourth-order valence-corrected chi connectivity index (χ4v) is 1.91. The summed E-state index contributed by atoms with van der Waals surface area (Å²) in [4.78, 5) is 12.0. The zero-order valence-corrected chi connectivity index (χ0v) is 11.9. The van der Waals surface area contributed by atoms with Gasteiger partial charge in [-0.05, 0) is 40.5 Å². The number of carbonyl (C=O) groups is 1. The van der Waals surface area contributed by atoms with Crippen molar-refractivity contribution in [2.24, 2.45) is 0 Å². The highest BCUT2D eigenvalue weighted by atomic mass is 16.5. The minimum Gasteiger partial charge on any atom is -0.488 e. The molecule has 18 heavy (non-hydrogen) atoms. The molecule has 0 heterocycles. The molecular weight excluding hydrogens is 232 g/mol. The van der Waals surface area contributed by atoms with Crippen molar-refractivity contribution in [3.8, 4) is 0 Å². The summed E-state index contributed by atoms with van der Waals surface area (Å²) in [6.07, 6.45) is 1.90. The van der Waals surface area contributed by atoms with Gasteiger partial charge in [0.2, 0.25) is 11.5 Å². The van der Waals surface area contributed by atoms with Gasteiger partial charge in [0.25, 0.3) is 0 Å². The Morgan fingerprint density at radius 2 is 1.72 bits per heavy atom. The first-order valence-corrected chi connectivity index (χ1v) is 6.68. The highest BCUT2D eigenvalue weighted by molar-refractivity contribution is 6.10. The van der Waals surface area contributed by atoms with Crippen molar-refractivity contribution in [2.45, 2.75) is 71.7 Å². The predicted octanol–water partition coefficient (Wildman–Crippen LogP) is 2.55. The first-order valence-electron chi connectivity index (χ1n) is 6.68. The van der Waals surface area contributed by atoms with Crippen molar-refractivity contribution >= 4 is 5.78 Å². The van der Waals surface area contributed by atoms with Crippen LogP contribution in [-0.4, -0.2) is 28.7 Å². The largest absolute Gasteiger partial charge is 0.488 e. The number of unbranched alkanes of at least 4 members (excludes halogenated alkanes) is 1. The Bertz CT molecular complexity index is 344. The molecule has 0 aromatic heterocycles. The Kier molecular flexibility index (Phi) is 4.79. The maximum absolute atomic E-state index is 12.0. The van der Waals surface area contributed by atoms with E-state index < -0.39 is 5.60 Å². The number of Topliss-reactive ketones (excluding diaryl/α,β-unsaturated/α-hetero) is 1. The van der Waals surface area contributed by atoms with Crippen LogP contribution in [0.3, 0.4) is 0 Å². The third-order valence-electron chi connectivity index (χ3n) is 2.76. The molecule has 0 saturated heterocycles. The van der Waals surface area contributed by atoms with E-state index in [1.807, 2.05) is 34.6 Å². The van der Waals surface area contributed by atoms with Gasteiger partial charge in [0.05, 0.1) is 12.2 Å². The second kappa shape index (κ2) is 5.74. The first kappa shape index (κ1) is 15.0. The fourth-order valence-electron chi connectivity index (χ4n) is 1.91. The van der Waals surface area contributed by atoms with E-state index in [4.69, 9.17) is 9.47 Å². The summed E-state index contributed by atoms with van der Waals surface area (Å²) in [6, 6.07) is 0. The first-order chi connectivity index (χ1) is 8.32. The van der Waals surface area contributed by atoms with Gasteiger partial charge in [-0.3, -0.25) is 4.79 Å². The van der Waals surface area contributed by atoms with Gasteiger partial charge in [-0.1, -0.05) is 13.3 Å². The molecule has 0 saturated carbocycles. The van der Waals surface area contributed by atoms with Crippen molar-refractivity contribution in [1.82, 2.24) is 0 Å². The maximum Gasteiger partial charge on any atom is 0.240 e. The molecule has 0 aliphatic heterocycles. The Labute approximate surface area is 109 Å². The van der Waals surface area contributed by atoms with Gasteiger partial charge >= 0.3 is 0 Å². The van der Waals surface area contributed by atoms with Crippen molar-refractivity contribution < 1.29 is 19.4 Å². The van der Waals surface area contributed by atoms with Crippen molar-refractivity contribution in [3.05, 3.63) is 11.5 Å². The molecule has 1 unspecified atom stereocenters. The van der Waals surface area contributed by atoms with Crippen LogP contribution in [0.25, 0.3) is 0 Å². The van der Waals surface area contributed by atoms with E-state index in [-0.39, 0.29) is 23.8 Å². The molecule has 0 aromatic rings. The van der Waals surface area contributed by atoms with Crippen LogP contribution in [0.1, 0.15) is 53.9 Å². The van der Waals surface area contributed by atoms with Gasteiger partial charge in [0.1, 0.15) is 0 Å². The normalized spacial score (nSPS) is 23.7. The lowest BCUT2D eigenvalue weighted by Gasteiger charge is -2.39. The van der Waals surface area contributed by atoms with Crippen molar-refractivity contribution in [2.75, 3.05) is 0 Å². The molecule has 4 heteroatoms. The number of ketones is 1. The molecule has 0 amide bonds. The summed E-state index contributed by atoms with van der Waals surface area (Å²) in [5, 5.41) is 10.4. The lowest BCUT2D eigenvalue weighted by atomic mass is 9.79. The fraction of sp³-hybridized carbons (Fsp3) is 0.786. The third kappa shape index (κ3) is 2.86. The number of aliphatic hydroxyl groups is 1. The zero-order valence-electron chi connectivity index (χ0n) is 11.9. The van der Waals surface area contributed by atoms with Gasteiger partial charge in [-0.15, -0.1) is 0 Å². The number of rotatable bonds is 7. The molecule has 0 radical (unpaired) electrons. The average molecular weight is 256 g/mol. The van der Waals surface area contributed by atoms with Gasteiger partial charge in [0.15, 0.2) is 11.4 Å². The molecule has 1 rings (SSSR count). The molecule has 0 spiro atoms.